The third-order valence-electron chi connectivity index (χ3n) is 6.23. The summed E-state index contributed by atoms with van der Waals surface area (Å²) in [5.74, 6) is 2.56. The minimum atomic E-state index is -0.971. The highest BCUT2D eigenvalue weighted by atomic mass is 19.1. The first-order chi connectivity index (χ1) is 14.9. The van der Waals surface area contributed by atoms with Crippen LogP contribution in [0.5, 0.6) is 0 Å². The molecule has 0 bridgehead atoms. The van der Waals surface area contributed by atoms with Crippen LogP contribution in [0.25, 0.3) is 0 Å². The van der Waals surface area contributed by atoms with Gasteiger partial charge in [0.1, 0.15) is 29.3 Å². The monoisotopic (exact) mass is 426 g/mol. The molecule has 0 spiro atoms. The molecule has 4 rings (SSSR count). The molecule has 1 aliphatic rings. The van der Waals surface area contributed by atoms with E-state index in [2.05, 4.69) is 22.9 Å². The molecule has 3 aromatic rings. The lowest BCUT2D eigenvalue weighted by molar-refractivity contribution is 0.205. The molecule has 1 N–H and O–H groups in total. The molecule has 1 aromatic carbocycles. The van der Waals surface area contributed by atoms with Crippen LogP contribution >= 0.6 is 0 Å². The second-order valence-electron chi connectivity index (χ2n) is 8.44. The number of aliphatic hydroxyl groups excluding tert-OH is 1. The fraction of sp³-hybridized carbons (Fsp3) is 0.458. The number of piperazine rings is 1. The summed E-state index contributed by atoms with van der Waals surface area (Å²) in [6, 6.07) is 8.97. The molecule has 1 saturated heterocycles. The number of aryl methyl sites for hydroxylation is 2. The van der Waals surface area contributed by atoms with E-state index in [9.17, 15) is 9.50 Å². The lowest BCUT2D eigenvalue weighted by Gasteiger charge is -2.37. The number of halogens is 1. The number of hydrogen-bond donors (Lipinski definition) is 1. The Hall–Kier alpha value is -2.64. The van der Waals surface area contributed by atoms with Gasteiger partial charge in [-0.05, 0) is 38.1 Å². The normalized spacial score (nSPS) is 17.1. The molecule has 31 heavy (non-hydrogen) atoms. The number of furan rings is 1. The number of para-hydroxylation sites is 1. The standard InChI is InChI=1S/C24H31FN4O2/c1-17(21-8-7-18(2)31-21)9-11-28-13-15-29(16-14-28)22-19(5-4-6-20(22)25)23(30)24-26-10-12-27(24)3/h4-8,10,12,17,23,30H,9,11,13-16H2,1-3H3/t17-,23-/m0/s1. The SMILES string of the molecule is Cc1ccc([C@@H](C)CCN2CCN(c3c(F)cccc3[C@H](O)c3nccn3C)CC2)o1. The van der Waals surface area contributed by atoms with Crippen molar-refractivity contribution in [2.45, 2.75) is 32.3 Å². The molecule has 0 unspecified atom stereocenters. The molecule has 7 heteroatoms. The van der Waals surface area contributed by atoms with Gasteiger partial charge in [0, 0.05) is 57.1 Å². The van der Waals surface area contributed by atoms with E-state index in [1.165, 1.54) is 6.07 Å². The zero-order chi connectivity index (χ0) is 22.0. The van der Waals surface area contributed by atoms with Crippen LogP contribution in [0.2, 0.25) is 0 Å². The Morgan fingerprint density at radius 3 is 2.58 bits per heavy atom. The summed E-state index contributed by atoms with van der Waals surface area (Å²) in [6.07, 6.45) is 3.47. The molecule has 1 fully saturated rings. The van der Waals surface area contributed by atoms with Crippen LogP contribution < -0.4 is 4.90 Å². The van der Waals surface area contributed by atoms with Crippen molar-refractivity contribution in [2.24, 2.45) is 7.05 Å². The lowest BCUT2D eigenvalue weighted by Crippen LogP contribution is -2.47. The largest absolute Gasteiger partial charge is 0.466 e. The Balaban J connectivity index is 1.40. The van der Waals surface area contributed by atoms with Gasteiger partial charge >= 0.3 is 0 Å². The van der Waals surface area contributed by atoms with Crippen molar-refractivity contribution < 1.29 is 13.9 Å². The molecule has 0 amide bonds. The van der Waals surface area contributed by atoms with Crippen LogP contribution in [0.3, 0.4) is 0 Å². The van der Waals surface area contributed by atoms with Gasteiger partial charge in [-0.15, -0.1) is 0 Å². The summed E-state index contributed by atoms with van der Waals surface area (Å²) in [5.41, 5.74) is 1.04. The average molecular weight is 427 g/mol. The zero-order valence-electron chi connectivity index (χ0n) is 18.5. The minimum Gasteiger partial charge on any atom is -0.466 e. The van der Waals surface area contributed by atoms with E-state index >= 15 is 0 Å². The fourth-order valence-corrected chi connectivity index (χ4v) is 4.30. The Kier molecular flexibility index (Phi) is 6.43. The van der Waals surface area contributed by atoms with Gasteiger partial charge in [-0.2, -0.15) is 0 Å². The molecule has 2 aromatic heterocycles. The molecule has 1 aliphatic heterocycles. The Bertz CT molecular complexity index is 1010. The van der Waals surface area contributed by atoms with Gasteiger partial charge in [0.2, 0.25) is 0 Å². The van der Waals surface area contributed by atoms with E-state index in [0.29, 0.717) is 23.0 Å². The topological polar surface area (TPSA) is 57.7 Å². The Morgan fingerprint density at radius 1 is 1.16 bits per heavy atom. The van der Waals surface area contributed by atoms with Crippen LogP contribution in [0.15, 0.2) is 47.1 Å². The molecule has 6 nitrogen and oxygen atoms in total. The molecule has 3 heterocycles. The highest BCUT2D eigenvalue weighted by Gasteiger charge is 2.27. The number of aliphatic hydroxyl groups is 1. The third kappa shape index (κ3) is 4.67. The van der Waals surface area contributed by atoms with Crippen LogP contribution in [0.1, 0.15) is 48.3 Å². The highest BCUT2D eigenvalue weighted by Crippen LogP contribution is 2.33. The summed E-state index contributed by atoms with van der Waals surface area (Å²) in [6.45, 7) is 8.29. The second kappa shape index (κ2) is 9.24. The number of aromatic nitrogens is 2. The molecule has 0 aliphatic carbocycles. The summed E-state index contributed by atoms with van der Waals surface area (Å²) in [5, 5.41) is 10.9. The quantitative estimate of drug-likeness (QED) is 0.622. The Labute approximate surface area is 182 Å². The van der Waals surface area contributed by atoms with Crippen LogP contribution in [0, 0.1) is 12.7 Å². The van der Waals surface area contributed by atoms with Crippen LogP contribution in [-0.4, -0.2) is 52.3 Å². The summed E-state index contributed by atoms with van der Waals surface area (Å²) >= 11 is 0. The first-order valence-corrected chi connectivity index (χ1v) is 10.9. The van der Waals surface area contributed by atoms with Gasteiger partial charge in [0.15, 0.2) is 0 Å². The fourth-order valence-electron chi connectivity index (χ4n) is 4.30. The van der Waals surface area contributed by atoms with Crippen molar-refractivity contribution in [3.8, 4) is 0 Å². The highest BCUT2D eigenvalue weighted by molar-refractivity contribution is 5.57. The van der Waals surface area contributed by atoms with E-state index < -0.39 is 6.10 Å². The predicted molar refractivity (Wildman–Crippen MR) is 119 cm³/mol. The smallest absolute Gasteiger partial charge is 0.146 e. The zero-order valence-corrected chi connectivity index (χ0v) is 18.5. The van der Waals surface area contributed by atoms with E-state index in [-0.39, 0.29) is 5.82 Å². The number of benzene rings is 1. The van der Waals surface area contributed by atoms with Gasteiger partial charge in [-0.3, -0.25) is 4.90 Å². The van der Waals surface area contributed by atoms with Crippen molar-refractivity contribution >= 4 is 5.69 Å². The number of anilines is 1. The summed E-state index contributed by atoms with van der Waals surface area (Å²) < 4.78 is 22.4. The molecule has 0 radical (unpaired) electrons. The molecule has 166 valence electrons. The first-order valence-electron chi connectivity index (χ1n) is 10.9. The van der Waals surface area contributed by atoms with E-state index in [1.54, 1.807) is 29.1 Å². The predicted octanol–water partition coefficient (Wildman–Crippen LogP) is 3.86. The van der Waals surface area contributed by atoms with Crippen LogP contribution in [-0.2, 0) is 7.05 Å². The van der Waals surface area contributed by atoms with Crippen molar-refractivity contribution in [2.75, 3.05) is 37.6 Å². The maximum atomic E-state index is 14.9. The van der Waals surface area contributed by atoms with E-state index in [0.717, 1.165) is 50.7 Å². The summed E-state index contributed by atoms with van der Waals surface area (Å²) in [7, 11) is 1.83. The average Bonchev–Trinajstić information content (AvgIpc) is 3.40. The lowest BCUT2D eigenvalue weighted by atomic mass is 10.0. The molecular formula is C24H31FN4O2. The molecular weight excluding hydrogens is 395 g/mol. The maximum Gasteiger partial charge on any atom is 0.146 e. The van der Waals surface area contributed by atoms with Crippen LogP contribution in [0.4, 0.5) is 10.1 Å². The van der Waals surface area contributed by atoms with Gasteiger partial charge in [-0.25, -0.2) is 9.37 Å². The number of imidazole rings is 1. The van der Waals surface area contributed by atoms with E-state index in [1.807, 2.05) is 24.9 Å². The van der Waals surface area contributed by atoms with Crippen molar-refractivity contribution in [1.29, 1.82) is 0 Å². The molecule has 2 atom stereocenters. The van der Waals surface area contributed by atoms with E-state index in [4.69, 9.17) is 4.42 Å². The number of rotatable bonds is 7. The van der Waals surface area contributed by atoms with Crippen molar-refractivity contribution in [3.63, 3.8) is 0 Å². The van der Waals surface area contributed by atoms with Gasteiger partial charge in [0.05, 0.1) is 5.69 Å². The first kappa shape index (κ1) is 21.6. The number of nitrogens with zero attached hydrogens (tertiary/aromatic N) is 4. The van der Waals surface area contributed by atoms with Gasteiger partial charge in [0.25, 0.3) is 0 Å². The molecule has 0 saturated carbocycles. The maximum absolute atomic E-state index is 14.9. The Morgan fingerprint density at radius 2 is 1.94 bits per heavy atom. The minimum absolute atomic E-state index is 0.305. The summed E-state index contributed by atoms with van der Waals surface area (Å²) in [4.78, 5) is 8.71. The third-order valence-corrected chi connectivity index (χ3v) is 6.23. The number of hydrogen-bond acceptors (Lipinski definition) is 5. The van der Waals surface area contributed by atoms with Crippen molar-refractivity contribution in [3.05, 3.63) is 71.5 Å². The van der Waals surface area contributed by atoms with Gasteiger partial charge < -0.3 is 19.0 Å². The second-order valence-corrected chi connectivity index (χ2v) is 8.44. The van der Waals surface area contributed by atoms with Crippen molar-refractivity contribution in [1.82, 2.24) is 14.5 Å². The van der Waals surface area contributed by atoms with Gasteiger partial charge in [-0.1, -0.05) is 19.1 Å².